The average molecular weight is 272 g/mol. The number of nitrogens with zero attached hydrogens (tertiary/aromatic N) is 1. The van der Waals surface area contributed by atoms with E-state index in [0.717, 1.165) is 18.7 Å². The molecule has 0 aliphatic heterocycles. The largest absolute Gasteiger partial charge is 0.313 e. The lowest BCUT2D eigenvalue weighted by Crippen LogP contribution is -2.34. The first kappa shape index (κ1) is 15.0. The summed E-state index contributed by atoms with van der Waals surface area (Å²) in [7, 11) is 0. The minimum Gasteiger partial charge on any atom is -0.313 e. The molecule has 0 aromatic carbocycles. The molecule has 1 unspecified atom stereocenters. The molecule has 0 spiro atoms. The minimum absolute atomic E-state index is 0.581. The summed E-state index contributed by atoms with van der Waals surface area (Å²) in [6, 6.07) is 0.581. The maximum atomic E-state index is 4.56. The van der Waals surface area contributed by atoms with Gasteiger partial charge < -0.3 is 5.32 Å². The molecule has 1 N–H and O–H groups in total. The Morgan fingerprint density at radius 2 is 2.24 bits per heavy atom. The van der Waals surface area contributed by atoms with Gasteiger partial charge in [0.1, 0.15) is 0 Å². The lowest BCUT2D eigenvalue weighted by atomic mass is 10.2. The topological polar surface area (TPSA) is 24.9 Å². The Kier molecular flexibility index (Phi) is 7.90. The third-order valence-corrected chi connectivity index (χ3v) is 4.76. The van der Waals surface area contributed by atoms with E-state index in [-0.39, 0.29) is 0 Å². The van der Waals surface area contributed by atoms with E-state index in [1.165, 1.54) is 29.4 Å². The van der Waals surface area contributed by atoms with Gasteiger partial charge in [0.15, 0.2) is 0 Å². The molecule has 0 saturated carbocycles. The van der Waals surface area contributed by atoms with Crippen LogP contribution in [0.15, 0.2) is 5.38 Å². The van der Waals surface area contributed by atoms with Gasteiger partial charge in [-0.3, -0.25) is 0 Å². The van der Waals surface area contributed by atoms with Gasteiger partial charge >= 0.3 is 0 Å². The standard InChI is InChI=1S/C13H24N2S2/c1-4-6-14-12(10-16-7-5-2)8-13-15-11(3)9-17-13/h9,12,14H,4-8,10H2,1-3H3. The summed E-state index contributed by atoms with van der Waals surface area (Å²) >= 11 is 3.84. The molecule has 4 heteroatoms. The molecule has 0 aliphatic carbocycles. The Labute approximate surface area is 114 Å². The second-order valence-corrected chi connectivity index (χ2v) is 6.41. The van der Waals surface area contributed by atoms with Crippen LogP contribution in [0.3, 0.4) is 0 Å². The SMILES string of the molecule is CCCNC(CSCCC)Cc1nc(C)cs1. The molecule has 1 aromatic heterocycles. The van der Waals surface area contributed by atoms with Crippen LogP contribution in [0.2, 0.25) is 0 Å². The molecule has 98 valence electrons. The van der Waals surface area contributed by atoms with Gasteiger partial charge in [-0.2, -0.15) is 11.8 Å². The van der Waals surface area contributed by atoms with Crippen molar-refractivity contribution in [1.29, 1.82) is 0 Å². The number of aryl methyl sites for hydroxylation is 1. The molecule has 1 aromatic rings. The molecule has 0 fully saturated rings. The minimum atomic E-state index is 0.581. The van der Waals surface area contributed by atoms with Gasteiger partial charge in [0.25, 0.3) is 0 Å². The molecule has 0 radical (unpaired) electrons. The van der Waals surface area contributed by atoms with Crippen molar-refractivity contribution in [3.05, 3.63) is 16.1 Å². The number of thioether (sulfide) groups is 1. The number of aromatic nitrogens is 1. The first-order chi connectivity index (χ1) is 8.26. The second kappa shape index (κ2) is 8.95. The third kappa shape index (κ3) is 6.43. The molecule has 1 rings (SSSR count). The highest BCUT2D eigenvalue weighted by atomic mass is 32.2. The zero-order chi connectivity index (χ0) is 12.5. The Morgan fingerprint density at radius 3 is 2.82 bits per heavy atom. The quantitative estimate of drug-likeness (QED) is 0.696. The monoisotopic (exact) mass is 272 g/mol. The van der Waals surface area contributed by atoms with Gasteiger partial charge in [-0.05, 0) is 32.1 Å². The lowest BCUT2D eigenvalue weighted by molar-refractivity contribution is 0.549. The zero-order valence-corrected chi connectivity index (χ0v) is 12.8. The number of thiazole rings is 1. The van der Waals surface area contributed by atoms with Crippen LogP contribution < -0.4 is 5.32 Å². The van der Waals surface area contributed by atoms with Crippen molar-refractivity contribution in [2.45, 2.75) is 46.1 Å². The van der Waals surface area contributed by atoms with Crippen LogP contribution in [-0.4, -0.2) is 29.1 Å². The summed E-state index contributed by atoms with van der Waals surface area (Å²) in [5.41, 5.74) is 1.15. The van der Waals surface area contributed by atoms with Crippen molar-refractivity contribution in [3.63, 3.8) is 0 Å². The molecule has 0 amide bonds. The van der Waals surface area contributed by atoms with Crippen LogP contribution in [0, 0.1) is 6.92 Å². The maximum absolute atomic E-state index is 4.56. The molecular formula is C13H24N2S2. The molecular weight excluding hydrogens is 248 g/mol. The van der Waals surface area contributed by atoms with E-state index in [1.54, 1.807) is 11.3 Å². The smallest absolute Gasteiger partial charge is 0.0943 e. The number of hydrogen-bond donors (Lipinski definition) is 1. The van der Waals surface area contributed by atoms with Crippen molar-refractivity contribution < 1.29 is 0 Å². The maximum Gasteiger partial charge on any atom is 0.0943 e. The summed E-state index contributed by atoms with van der Waals surface area (Å²) in [4.78, 5) is 4.56. The van der Waals surface area contributed by atoms with Gasteiger partial charge in [0, 0.05) is 29.3 Å². The van der Waals surface area contributed by atoms with E-state index in [0.29, 0.717) is 6.04 Å². The van der Waals surface area contributed by atoms with Crippen molar-refractivity contribution in [2.24, 2.45) is 0 Å². The molecule has 1 atom stereocenters. The summed E-state index contributed by atoms with van der Waals surface area (Å²) in [5.74, 6) is 2.47. The Bertz CT molecular complexity index is 299. The number of rotatable bonds is 9. The van der Waals surface area contributed by atoms with E-state index in [4.69, 9.17) is 0 Å². The Morgan fingerprint density at radius 1 is 1.41 bits per heavy atom. The highest BCUT2D eigenvalue weighted by Gasteiger charge is 2.10. The normalized spacial score (nSPS) is 12.9. The van der Waals surface area contributed by atoms with E-state index < -0.39 is 0 Å². The van der Waals surface area contributed by atoms with Crippen LogP contribution in [0.1, 0.15) is 37.4 Å². The van der Waals surface area contributed by atoms with Gasteiger partial charge in [-0.1, -0.05) is 13.8 Å². The first-order valence-corrected chi connectivity index (χ1v) is 8.51. The fraction of sp³-hybridized carbons (Fsp3) is 0.769. The molecule has 1 heterocycles. The van der Waals surface area contributed by atoms with Crippen LogP contribution in [0.5, 0.6) is 0 Å². The van der Waals surface area contributed by atoms with Crippen LogP contribution in [0.25, 0.3) is 0 Å². The molecule has 0 saturated heterocycles. The van der Waals surface area contributed by atoms with Gasteiger partial charge in [-0.15, -0.1) is 11.3 Å². The predicted octanol–water partition coefficient (Wildman–Crippen LogP) is 3.51. The summed E-state index contributed by atoms with van der Waals surface area (Å²) < 4.78 is 0. The number of nitrogens with one attached hydrogen (secondary N) is 1. The number of hydrogen-bond acceptors (Lipinski definition) is 4. The van der Waals surface area contributed by atoms with Crippen LogP contribution >= 0.6 is 23.1 Å². The average Bonchev–Trinajstić information content (AvgIpc) is 2.72. The second-order valence-electron chi connectivity index (χ2n) is 4.31. The van der Waals surface area contributed by atoms with E-state index in [1.807, 2.05) is 0 Å². The first-order valence-electron chi connectivity index (χ1n) is 6.48. The zero-order valence-electron chi connectivity index (χ0n) is 11.2. The lowest BCUT2D eigenvalue weighted by Gasteiger charge is -2.16. The summed E-state index contributed by atoms with van der Waals surface area (Å²) in [6.07, 6.45) is 3.54. The third-order valence-electron chi connectivity index (χ3n) is 2.44. The van der Waals surface area contributed by atoms with E-state index in [9.17, 15) is 0 Å². The van der Waals surface area contributed by atoms with Crippen molar-refractivity contribution in [2.75, 3.05) is 18.1 Å². The molecule has 17 heavy (non-hydrogen) atoms. The van der Waals surface area contributed by atoms with Gasteiger partial charge in [-0.25, -0.2) is 4.98 Å². The molecule has 0 bridgehead atoms. The fourth-order valence-electron chi connectivity index (χ4n) is 1.62. The molecule has 2 nitrogen and oxygen atoms in total. The summed E-state index contributed by atoms with van der Waals surface area (Å²) in [5, 5.41) is 7.05. The Balaban J connectivity index is 2.38. The Hall–Kier alpha value is -0.0600. The van der Waals surface area contributed by atoms with E-state index in [2.05, 4.69) is 48.2 Å². The van der Waals surface area contributed by atoms with E-state index >= 15 is 0 Å². The summed E-state index contributed by atoms with van der Waals surface area (Å²) in [6.45, 7) is 7.64. The highest BCUT2D eigenvalue weighted by molar-refractivity contribution is 7.99. The van der Waals surface area contributed by atoms with Crippen LogP contribution in [0.4, 0.5) is 0 Å². The van der Waals surface area contributed by atoms with Gasteiger partial charge in [0.2, 0.25) is 0 Å². The molecule has 0 aliphatic rings. The highest BCUT2D eigenvalue weighted by Crippen LogP contribution is 2.14. The predicted molar refractivity (Wildman–Crippen MR) is 80.3 cm³/mol. The van der Waals surface area contributed by atoms with Crippen molar-refractivity contribution >= 4 is 23.1 Å². The van der Waals surface area contributed by atoms with Crippen LogP contribution in [-0.2, 0) is 6.42 Å². The van der Waals surface area contributed by atoms with Crippen molar-refractivity contribution in [3.8, 4) is 0 Å². The fourth-order valence-corrected chi connectivity index (χ4v) is 3.44. The van der Waals surface area contributed by atoms with Crippen molar-refractivity contribution in [1.82, 2.24) is 10.3 Å². The van der Waals surface area contributed by atoms with Gasteiger partial charge in [0.05, 0.1) is 5.01 Å².